The Hall–Kier alpha value is -3.18. The first-order chi connectivity index (χ1) is 16.3. The van der Waals surface area contributed by atoms with Crippen molar-refractivity contribution in [1.82, 2.24) is 14.7 Å². The van der Waals surface area contributed by atoms with Crippen LogP contribution in [0.3, 0.4) is 0 Å². The maximum Gasteiger partial charge on any atom is 0.338 e. The van der Waals surface area contributed by atoms with Crippen LogP contribution in [0.4, 0.5) is 5.69 Å². The molecule has 10 nitrogen and oxygen atoms in total. The maximum absolute atomic E-state index is 13.1. The fourth-order valence-electron chi connectivity index (χ4n) is 4.33. The van der Waals surface area contributed by atoms with Gasteiger partial charge in [-0.2, -0.15) is 0 Å². The largest absolute Gasteiger partial charge is 0.466 e. The molecule has 1 saturated heterocycles. The van der Waals surface area contributed by atoms with E-state index in [-0.39, 0.29) is 18.0 Å². The molecule has 3 heterocycles. The standard InChI is InChI=1S/C23H27N5O5S/c1-4-18-20(22(30)33-3)21(15-5-7-16(8-6-15)28(31)32)27-17(14-34-23(27)24-18)13-19(29)26-11-9-25(2)10-12-26/h5-8,14,21H,4,9-13H2,1-3H3. The van der Waals surface area contributed by atoms with E-state index in [1.165, 1.54) is 31.0 Å². The number of allylic oxidation sites excluding steroid dienone is 1. The number of rotatable bonds is 6. The number of aliphatic imine (C=N–C) groups is 1. The summed E-state index contributed by atoms with van der Waals surface area (Å²) in [6.07, 6.45) is 0.691. The first-order valence-corrected chi connectivity index (χ1v) is 12.0. The van der Waals surface area contributed by atoms with Crippen LogP contribution in [0.5, 0.6) is 0 Å². The van der Waals surface area contributed by atoms with Crippen molar-refractivity contribution < 1.29 is 19.2 Å². The predicted octanol–water partition coefficient (Wildman–Crippen LogP) is 2.90. The summed E-state index contributed by atoms with van der Waals surface area (Å²) in [7, 11) is 3.36. The highest BCUT2D eigenvalue weighted by Gasteiger charge is 2.42. The third kappa shape index (κ3) is 4.58. The molecule has 0 saturated carbocycles. The molecular weight excluding hydrogens is 458 g/mol. The number of piperazine rings is 1. The number of ether oxygens (including phenoxy) is 1. The van der Waals surface area contributed by atoms with Gasteiger partial charge in [-0.3, -0.25) is 14.9 Å². The Bertz CT molecular complexity index is 1090. The van der Waals surface area contributed by atoms with Gasteiger partial charge in [-0.1, -0.05) is 18.7 Å². The van der Waals surface area contributed by atoms with Crippen LogP contribution in [0.1, 0.15) is 31.4 Å². The van der Waals surface area contributed by atoms with Gasteiger partial charge < -0.3 is 19.4 Å². The van der Waals surface area contributed by atoms with Gasteiger partial charge in [0.15, 0.2) is 5.17 Å². The number of methoxy groups -OCH3 is 1. The normalized spacial score (nSPS) is 20.6. The van der Waals surface area contributed by atoms with Crippen molar-refractivity contribution in [2.45, 2.75) is 25.8 Å². The van der Waals surface area contributed by atoms with E-state index < -0.39 is 16.9 Å². The average Bonchev–Trinajstić information content (AvgIpc) is 3.24. The van der Waals surface area contributed by atoms with Crippen LogP contribution in [0.15, 0.2) is 51.6 Å². The summed E-state index contributed by atoms with van der Waals surface area (Å²) in [6, 6.07) is 5.53. The molecule has 0 spiro atoms. The Kier molecular flexibility index (Phi) is 7.03. The number of esters is 1. The number of carbonyl (C=O) groups is 2. The molecule has 4 rings (SSSR count). The Morgan fingerprint density at radius 3 is 2.47 bits per heavy atom. The molecule has 1 aromatic carbocycles. The van der Waals surface area contributed by atoms with Gasteiger partial charge in [-0.05, 0) is 36.6 Å². The van der Waals surface area contributed by atoms with Crippen molar-refractivity contribution in [3.05, 3.63) is 62.3 Å². The molecule has 1 fully saturated rings. The van der Waals surface area contributed by atoms with Gasteiger partial charge in [0.25, 0.3) is 5.69 Å². The van der Waals surface area contributed by atoms with Crippen LogP contribution in [0, 0.1) is 10.1 Å². The summed E-state index contributed by atoms with van der Waals surface area (Å²) in [6.45, 7) is 4.92. The number of carbonyl (C=O) groups excluding carboxylic acids is 2. The second kappa shape index (κ2) is 9.98. The Balaban J connectivity index is 1.69. The highest BCUT2D eigenvalue weighted by atomic mass is 32.2. The number of amidine groups is 1. The molecule has 0 radical (unpaired) electrons. The lowest BCUT2D eigenvalue weighted by Gasteiger charge is -2.37. The zero-order chi connectivity index (χ0) is 24.4. The minimum absolute atomic E-state index is 0.0218. The molecule has 1 atom stereocenters. The molecule has 1 aromatic rings. The molecule has 3 aliphatic heterocycles. The van der Waals surface area contributed by atoms with E-state index >= 15 is 0 Å². The minimum atomic E-state index is -0.600. The summed E-state index contributed by atoms with van der Waals surface area (Å²) >= 11 is 1.41. The average molecular weight is 486 g/mol. The van der Waals surface area contributed by atoms with Crippen molar-refractivity contribution in [1.29, 1.82) is 0 Å². The van der Waals surface area contributed by atoms with E-state index in [9.17, 15) is 19.7 Å². The van der Waals surface area contributed by atoms with Gasteiger partial charge in [0.05, 0.1) is 35.8 Å². The number of amides is 1. The fraction of sp³-hybridized carbons (Fsp3) is 0.435. The number of thioether (sulfide) groups is 1. The molecule has 0 N–H and O–H groups in total. The molecule has 180 valence electrons. The predicted molar refractivity (Wildman–Crippen MR) is 129 cm³/mol. The van der Waals surface area contributed by atoms with Gasteiger partial charge in [-0.15, -0.1) is 0 Å². The number of hydrogen-bond acceptors (Lipinski definition) is 9. The summed E-state index contributed by atoms with van der Waals surface area (Å²) in [5, 5.41) is 13.7. The van der Waals surface area contributed by atoms with Gasteiger partial charge in [0.1, 0.15) is 0 Å². The Morgan fingerprint density at radius 2 is 1.88 bits per heavy atom. The number of hydrogen-bond donors (Lipinski definition) is 0. The van der Waals surface area contributed by atoms with Crippen molar-refractivity contribution in [3.63, 3.8) is 0 Å². The first kappa shape index (κ1) is 24.0. The molecule has 11 heteroatoms. The number of fused-ring (bicyclic) bond motifs is 1. The van der Waals surface area contributed by atoms with E-state index in [0.29, 0.717) is 41.5 Å². The molecule has 1 amide bonds. The zero-order valence-corrected chi connectivity index (χ0v) is 20.2. The summed E-state index contributed by atoms with van der Waals surface area (Å²) in [5.41, 5.74) is 2.37. The second-order valence-electron chi connectivity index (χ2n) is 8.31. The topological polar surface area (TPSA) is 109 Å². The van der Waals surface area contributed by atoms with Crippen LogP contribution in [0.2, 0.25) is 0 Å². The molecule has 34 heavy (non-hydrogen) atoms. The van der Waals surface area contributed by atoms with Crippen LogP contribution >= 0.6 is 11.8 Å². The first-order valence-electron chi connectivity index (χ1n) is 11.1. The van der Waals surface area contributed by atoms with Crippen molar-refractivity contribution in [2.75, 3.05) is 40.3 Å². The van der Waals surface area contributed by atoms with Gasteiger partial charge in [0, 0.05) is 44.0 Å². The number of nitro benzene ring substituents is 1. The van der Waals surface area contributed by atoms with Crippen molar-refractivity contribution >= 4 is 34.5 Å². The Morgan fingerprint density at radius 1 is 1.21 bits per heavy atom. The van der Waals surface area contributed by atoms with Crippen molar-refractivity contribution in [3.8, 4) is 0 Å². The zero-order valence-electron chi connectivity index (χ0n) is 19.4. The summed E-state index contributed by atoms with van der Waals surface area (Å²) in [4.78, 5) is 47.4. The van der Waals surface area contributed by atoms with Crippen LogP contribution in [-0.2, 0) is 14.3 Å². The number of benzene rings is 1. The number of nitrogens with zero attached hydrogens (tertiary/aromatic N) is 5. The van der Waals surface area contributed by atoms with E-state index in [1.807, 2.05) is 29.2 Å². The van der Waals surface area contributed by atoms with E-state index in [0.717, 1.165) is 18.8 Å². The monoisotopic (exact) mass is 485 g/mol. The highest BCUT2D eigenvalue weighted by molar-refractivity contribution is 8.16. The number of nitro groups is 1. The van der Waals surface area contributed by atoms with Crippen molar-refractivity contribution in [2.24, 2.45) is 4.99 Å². The molecule has 1 unspecified atom stereocenters. The van der Waals surface area contributed by atoms with Gasteiger partial charge in [-0.25, -0.2) is 9.79 Å². The summed E-state index contributed by atoms with van der Waals surface area (Å²) < 4.78 is 5.10. The van der Waals surface area contributed by atoms with E-state index in [2.05, 4.69) is 4.90 Å². The van der Waals surface area contributed by atoms with Crippen LogP contribution in [-0.4, -0.2) is 77.0 Å². The van der Waals surface area contributed by atoms with E-state index in [4.69, 9.17) is 9.73 Å². The third-order valence-corrected chi connectivity index (χ3v) is 7.13. The third-order valence-electron chi connectivity index (χ3n) is 6.24. The second-order valence-corrected chi connectivity index (χ2v) is 9.15. The highest BCUT2D eigenvalue weighted by Crippen LogP contribution is 2.45. The molecular formula is C23H27N5O5S. The maximum atomic E-state index is 13.1. The quantitative estimate of drug-likeness (QED) is 0.344. The smallest absolute Gasteiger partial charge is 0.338 e. The molecule has 3 aliphatic rings. The van der Waals surface area contributed by atoms with Gasteiger partial charge in [0.2, 0.25) is 5.91 Å². The molecule has 0 aromatic heterocycles. The number of non-ortho nitro benzene ring substituents is 1. The molecule has 0 aliphatic carbocycles. The Labute approximate surface area is 202 Å². The lowest BCUT2D eigenvalue weighted by molar-refractivity contribution is -0.384. The molecule has 0 bridgehead atoms. The lowest BCUT2D eigenvalue weighted by Crippen LogP contribution is -2.47. The fourth-order valence-corrected chi connectivity index (χ4v) is 5.27. The number of likely N-dealkylation sites (N-methyl/N-ethyl adjacent to an activating group) is 1. The minimum Gasteiger partial charge on any atom is -0.466 e. The van der Waals surface area contributed by atoms with Gasteiger partial charge >= 0.3 is 5.97 Å². The lowest BCUT2D eigenvalue weighted by atomic mass is 9.92. The van der Waals surface area contributed by atoms with Crippen LogP contribution in [0.25, 0.3) is 0 Å². The summed E-state index contributed by atoms with van der Waals surface area (Å²) in [5.74, 6) is -0.488. The van der Waals surface area contributed by atoms with Crippen LogP contribution < -0.4 is 0 Å². The SMILES string of the molecule is CCC1=C(C(=O)OC)C(c2ccc([N+](=O)[O-])cc2)N2C(CC(=O)N3CCN(C)CC3)=CSC2=N1. The van der Waals surface area contributed by atoms with E-state index in [1.54, 1.807) is 12.1 Å².